The number of hydrogen-bond donors (Lipinski definition) is 0. The second-order valence-electron chi connectivity index (χ2n) is 8.19. The fourth-order valence-corrected chi connectivity index (χ4v) is 4.41. The van der Waals surface area contributed by atoms with Gasteiger partial charge in [0.1, 0.15) is 11.5 Å². The Morgan fingerprint density at radius 2 is 1.52 bits per heavy atom. The predicted octanol–water partition coefficient (Wildman–Crippen LogP) is 3.75. The summed E-state index contributed by atoms with van der Waals surface area (Å²) in [7, 11) is 0. The van der Waals surface area contributed by atoms with E-state index < -0.39 is 0 Å². The van der Waals surface area contributed by atoms with Gasteiger partial charge in [0.25, 0.3) is 11.8 Å². The number of halogens is 1. The summed E-state index contributed by atoms with van der Waals surface area (Å²) in [5.41, 5.74) is 5.17. The van der Waals surface area contributed by atoms with E-state index in [1.54, 1.807) is 12.1 Å². The van der Waals surface area contributed by atoms with Gasteiger partial charge in [-0.3, -0.25) is 14.5 Å². The topological polar surface area (TPSA) is 43.9 Å². The van der Waals surface area contributed by atoms with Crippen LogP contribution >= 0.6 is 0 Å². The lowest BCUT2D eigenvalue weighted by Gasteiger charge is -2.38. The first kappa shape index (κ1) is 21.1. The Kier molecular flexibility index (Phi) is 5.81. The molecule has 0 aromatic heterocycles. The van der Waals surface area contributed by atoms with E-state index in [1.807, 2.05) is 11.8 Å². The lowest BCUT2D eigenvalue weighted by Crippen LogP contribution is -2.48. The lowest BCUT2D eigenvalue weighted by atomic mass is 10.0. The van der Waals surface area contributed by atoms with Crippen LogP contribution < -0.4 is 4.90 Å². The molecule has 1 saturated heterocycles. The fraction of sp³-hybridized carbons (Fsp3) is 0.360. The van der Waals surface area contributed by atoms with E-state index in [0.717, 1.165) is 13.1 Å². The third kappa shape index (κ3) is 3.82. The minimum Gasteiger partial charge on any atom is -0.368 e. The average Bonchev–Trinajstić information content (AvgIpc) is 3.01. The van der Waals surface area contributed by atoms with Gasteiger partial charge in [-0.25, -0.2) is 4.39 Å². The molecule has 2 amide bonds. The Balaban J connectivity index is 1.64. The van der Waals surface area contributed by atoms with Crippen LogP contribution in [0, 0.1) is 19.7 Å². The van der Waals surface area contributed by atoms with Gasteiger partial charge < -0.3 is 9.80 Å². The number of nitrogens with zero attached hydrogens (tertiary/aromatic N) is 3. The summed E-state index contributed by atoms with van der Waals surface area (Å²) in [6.45, 7) is 9.39. The minimum absolute atomic E-state index is 0.244. The first-order valence-corrected chi connectivity index (χ1v) is 10.8. The predicted molar refractivity (Wildman–Crippen MR) is 120 cm³/mol. The molecule has 2 aromatic rings. The van der Waals surface area contributed by atoms with Gasteiger partial charge in [-0.1, -0.05) is 31.2 Å². The van der Waals surface area contributed by atoms with Gasteiger partial charge in [-0.05, 0) is 55.2 Å². The molecule has 162 valence electrons. The molecule has 2 aliphatic heterocycles. The van der Waals surface area contributed by atoms with Crippen molar-refractivity contribution in [3.05, 3.63) is 70.7 Å². The molecule has 31 heavy (non-hydrogen) atoms. The van der Waals surface area contributed by atoms with Crippen molar-refractivity contribution in [2.24, 2.45) is 0 Å². The summed E-state index contributed by atoms with van der Waals surface area (Å²) in [5.74, 6) is -0.896. The maximum absolute atomic E-state index is 13.5. The molecule has 6 heteroatoms. The van der Waals surface area contributed by atoms with E-state index in [4.69, 9.17) is 0 Å². The van der Waals surface area contributed by atoms with Crippen molar-refractivity contribution in [1.29, 1.82) is 0 Å². The summed E-state index contributed by atoms with van der Waals surface area (Å²) in [6.07, 6.45) is 0.696. The van der Waals surface area contributed by atoms with Crippen LogP contribution in [0.4, 0.5) is 10.1 Å². The number of carbonyl (C=O) groups is 2. The molecule has 0 saturated carbocycles. The Hall–Kier alpha value is -3.15. The number of hydrogen-bond acceptors (Lipinski definition) is 4. The largest absolute Gasteiger partial charge is 0.368 e. The number of imide groups is 1. The molecular formula is C25H28FN3O2. The molecule has 1 fully saturated rings. The SMILES string of the molecule is CCCN1C(=O)C(c2ccc(F)cc2)=C(N2CCN(c3cccc(C)c3C)CC2)C1=O. The van der Waals surface area contributed by atoms with Gasteiger partial charge in [0, 0.05) is 38.4 Å². The second-order valence-corrected chi connectivity index (χ2v) is 8.19. The standard InChI is InChI=1S/C25H28FN3O2/c1-4-12-29-24(30)22(19-8-10-20(26)11-9-19)23(25(29)31)28-15-13-27(14-16-28)21-7-5-6-17(2)18(21)3/h5-11H,4,12-16H2,1-3H3. The van der Waals surface area contributed by atoms with E-state index in [0.29, 0.717) is 42.9 Å². The summed E-state index contributed by atoms with van der Waals surface area (Å²) in [5, 5.41) is 0. The smallest absolute Gasteiger partial charge is 0.277 e. The van der Waals surface area contributed by atoms with Crippen molar-refractivity contribution in [2.75, 3.05) is 37.6 Å². The van der Waals surface area contributed by atoms with Crippen LogP contribution in [0.3, 0.4) is 0 Å². The molecule has 0 radical (unpaired) electrons. The molecule has 2 aliphatic rings. The van der Waals surface area contributed by atoms with Crippen molar-refractivity contribution >= 4 is 23.1 Å². The van der Waals surface area contributed by atoms with Crippen LogP contribution in [-0.2, 0) is 9.59 Å². The first-order chi connectivity index (χ1) is 14.9. The summed E-state index contributed by atoms with van der Waals surface area (Å²) in [6, 6.07) is 12.1. The molecule has 0 atom stereocenters. The van der Waals surface area contributed by atoms with Crippen LogP contribution in [-0.4, -0.2) is 54.3 Å². The van der Waals surface area contributed by atoms with Crippen molar-refractivity contribution in [2.45, 2.75) is 27.2 Å². The van der Waals surface area contributed by atoms with E-state index in [2.05, 4.69) is 36.9 Å². The Labute approximate surface area is 182 Å². The normalized spacial score (nSPS) is 17.2. The number of benzene rings is 2. The third-order valence-electron chi connectivity index (χ3n) is 6.24. The van der Waals surface area contributed by atoms with E-state index in [9.17, 15) is 14.0 Å². The van der Waals surface area contributed by atoms with Gasteiger partial charge in [0.05, 0.1) is 5.57 Å². The second kappa shape index (κ2) is 8.53. The van der Waals surface area contributed by atoms with Crippen LogP contribution in [0.1, 0.15) is 30.0 Å². The summed E-state index contributed by atoms with van der Waals surface area (Å²) >= 11 is 0. The number of carbonyl (C=O) groups excluding carboxylic acids is 2. The highest BCUT2D eigenvalue weighted by atomic mass is 19.1. The molecule has 5 nitrogen and oxygen atoms in total. The Morgan fingerprint density at radius 1 is 0.871 bits per heavy atom. The zero-order chi connectivity index (χ0) is 22.1. The van der Waals surface area contributed by atoms with Gasteiger partial charge in [0.15, 0.2) is 0 Å². The van der Waals surface area contributed by atoms with Crippen molar-refractivity contribution in [3.63, 3.8) is 0 Å². The molecule has 0 bridgehead atoms. The lowest BCUT2D eigenvalue weighted by molar-refractivity contribution is -0.137. The Morgan fingerprint density at radius 3 is 2.16 bits per heavy atom. The minimum atomic E-state index is -0.366. The van der Waals surface area contributed by atoms with E-state index in [1.165, 1.54) is 33.8 Å². The van der Waals surface area contributed by atoms with Gasteiger partial charge in [-0.2, -0.15) is 0 Å². The fourth-order valence-electron chi connectivity index (χ4n) is 4.41. The van der Waals surface area contributed by atoms with Crippen LogP contribution in [0.5, 0.6) is 0 Å². The number of piperazine rings is 1. The highest BCUT2D eigenvalue weighted by molar-refractivity contribution is 6.35. The molecular weight excluding hydrogens is 393 g/mol. The van der Waals surface area contributed by atoms with Gasteiger partial charge >= 0.3 is 0 Å². The van der Waals surface area contributed by atoms with Crippen molar-refractivity contribution in [3.8, 4) is 0 Å². The molecule has 0 spiro atoms. The maximum atomic E-state index is 13.5. The monoisotopic (exact) mass is 421 g/mol. The first-order valence-electron chi connectivity index (χ1n) is 10.8. The molecule has 0 aliphatic carbocycles. The van der Waals surface area contributed by atoms with Gasteiger partial charge in [-0.15, -0.1) is 0 Å². The number of rotatable bonds is 5. The third-order valence-corrected chi connectivity index (χ3v) is 6.24. The number of amides is 2. The average molecular weight is 422 g/mol. The van der Waals surface area contributed by atoms with E-state index in [-0.39, 0.29) is 17.6 Å². The highest BCUT2D eigenvalue weighted by Gasteiger charge is 2.41. The zero-order valence-corrected chi connectivity index (χ0v) is 18.3. The maximum Gasteiger partial charge on any atom is 0.277 e. The molecule has 0 unspecified atom stereocenters. The quantitative estimate of drug-likeness (QED) is 0.690. The molecule has 0 N–H and O–H groups in total. The van der Waals surface area contributed by atoms with Crippen LogP contribution in [0.15, 0.2) is 48.2 Å². The van der Waals surface area contributed by atoms with Gasteiger partial charge in [0.2, 0.25) is 0 Å². The van der Waals surface area contributed by atoms with Crippen LogP contribution in [0.25, 0.3) is 5.57 Å². The van der Waals surface area contributed by atoms with E-state index >= 15 is 0 Å². The molecule has 2 aromatic carbocycles. The van der Waals surface area contributed by atoms with Crippen molar-refractivity contribution in [1.82, 2.24) is 9.80 Å². The summed E-state index contributed by atoms with van der Waals surface area (Å²) < 4.78 is 13.5. The zero-order valence-electron chi connectivity index (χ0n) is 18.3. The number of aryl methyl sites for hydroxylation is 1. The summed E-state index contributed by atoms with van der Waals surface area (Å²) in [4.78, 5) is 32.0. The molecule has 4 rings (SSSR count). The number of anilines is 1. The van der Waals surface area contributed by atoms with Crippen molar-refractivity contribution < 1.29 is 14.0 Å². The Bertz CT molecular complexity index is 1040. The highest BCUT2D eigenvalue weighted by Crippen LogP contribution is 2.33. The molecule has 2 heterocycles. The van der Waals surface area contributed by atoms with Crippen LogP contribution in [0.2, 0.25) is 0 Å².